The number of ketones is 1. The first kappa shape index (κ1) is 23.3. The van der Waals surface area contributed by atoms with E-state index in [9.17, 15) is 14.4 Å². The Balaban J connectivity index is 0.00000228. The van der Waals surface area contributed by atoms with E-state index >= 15 is 0 Å². The number of likely N-dealkylation sites (tertiary alicyclic amines) is 1. The van der Waals surface area contributed by atoms with Gasteiger partial charge >= 0.3 is 11.9 Å². The van der Waals surface area contributed by atoms with Gasteiger partial charge in [-0.1, -0.05) is 20.4 Å². The molecule has 5 aliphatic carbocycles. The molecule has 0 amide bonds. The van der Waals surface area contributed by atoms with Gasteiger partial charge in [-0.2, -0.15) is 0 Å². The second-order valence-electron chi connectivity index (χ2n) is 11.8. The number of piperidine rings is 1. The Hall–Kier alpha value is -1.40. The Morgan fingerprint density at radius 3 is 2.52 bits per heavy atom. The van der Waals surface area contributed by atoms with Crippen LogP contribution in [0.3, 0.4) is 0 Å². The molecule has 6 fully saturated rings. The summed E-state index contributed by atoms with van der Waals surface area (Å²) >= 11 is 0. The number of esters is 2. The maximum Gasteiger partial charge on any atom is 0.303 e. The SMILES string of the molecule is C=C1[C@@H]2C[C@]3([C@@H]1OC(C)=O)[C@H]1C[C@H]4C5([C@@H](OC(C)=O)CC[C@@]4(C)CN(CC)[C@H]15)[C@@H]3CC2=O.Cl. The van der Waals surface area contributed by atoms with Crippen LogP contribution in [-0.2, 0) is 23.9 Å². The Bertz CT molecular complexity index is 951. The lowest BCUT2D eigenvalue weighted by Crippen LogP contribution is -2.69. The highest BCUT2D eigenvalue weighted by molar-refractivity contribution is 5.87. The first-order chi connectivity index (χ1) is 15.1. The molecule has 0 aromatic rings. The Morgan fingerprint density at radius 2 is 1.88 bits per heavy atom. The highest BCUT2D eigenvalue weighted by Gasteiger charge is 2.86. The third kappa shape index (κ3) is 2.47. The summed E-state index contributed by atoms with van der Waals surface area (Å²) in [6.07, 6.45) is 3.62. The first-order valence-corrected chi connectivity index (χ1v) is 12.4. The largest absolute Gasteiger partial charge is 0.462 e. The van der Waals surface area contributed by atoms with E-state index in [4.69, 9.17) is 9.47 Å². The minimum atomic E-state index is -0.405. The molecule has 7 bridgehead atoms. The topological polar surface area (TPSA) is 72.9 Å². The number of fused-ring (bicyclic) bond motifs is 1. The van der Waals surface area contributed by atoms with Crippen molar-refractivity contribution in [1.29, 1.82) is 0 Å². The second-order valence-corrected chi connectivity index (χ2v) is 11.8. The van der Waals surface area contributed by atoms with Crippen LogP contribution in [0, 0.1) is 39.9 Å². The minimum Gasteiger partial charge on any atom is -0.462 e. The molecule has 2 spiro atoms. The fraction of sp³-hybridized carbons (Fsp3) is 0.808. The molecule has 1 unspecified atom stereocenters. The lowest BCUT2D eigenvalue weighted by atomic mass is 9.43. The van der Waals surface area contributed by atoms with Crippen molar-refractivity contribution in [3.8, 4) is 0 Å². The van der Waals surface area contributed by atoms with Crippen molar-refractivity contribution in [2.24, 2.45) is 39.9 Å². The molecule has 0 radical (unpaired) electrons. The number of ether oxygens (including phenoxy) is 2. The van der Waals surface area contributed by atoms with Crippen LogP contribution in [0.25, 0.3) is 0 Å². The van der Waals surface area contributed by atoms with Gasteiger partial charge in [0, 0.05) is 49.6 Å². The van der Waals surface area contributed by atoms with E-state index in [-0.39, 0.29) is 70.4 Å². The molecule has 33 heavy (non-hydrogen) atoms. The number of carbonyl (C=O) groups is 3. The molecular formula is C26H36ClNO5. The molecule has 0 N–H and O–H groups in total. The summed E-state index contributed by atoms with van der Waals surface area (Å²) in [5.74, 6) is 0.322. The highest BCUT2D eigenvalue weighted by Crippen LogP contribution is 2.83. The summed E-state index contributed by atoms with van der Waals surface area (Å²) in [4.78, 5) is 40.5. The number of carbonyl (C=O) groups excluding carboxylic acids is 3. The van der Waals surface area contributed by atoms with Gasteiger partial charge in [0.25, 0.3) is 0 Å². The zero-order valence-corrected chi connectivity index (χ0v) is 20.9. The second kappa shape index (κ2) is 7.07. The molecule has 1 aliphatic heterocycles. The van der Waals surface area contributed by atoms with Gasteiger partial charge < -0.3 is 9.47 Å². The molecule has 6 aliphatic rings. The zero-order valence-electron chi connectivity index (χ0n) is 20.1. The molecule has 5 saturated carbocycles. The summed E-state index contributed by atoms with van der Waals surface area (Å²) < 4.78 is 12.2. The molecule has 0 aromatic heterocycles. The third-order valence-corrected chi connectivity index (χ3v) is 10.9. The average molecular weight is 478 g/mol. The van der Waals surface area contributed by atoms with Crippen molar-refractivity contribution < 1.29 is 23.9 Å². The first-order valence-electron chi connectivity index (χ1n) is 12.4. The van der Waals surface area contributed by atoms with Crippen LogP contribution >= 0.6 is 12.4 Å². The monoisotopic (exact) mass is 477 g/mol. The van der Waals surface area contributed by atoms with E-state index in [1.807, 2.05) is 0 Å². The van der Waals surface area contributed by atoms with E-state index in [1.165, 1.54) is 13.8 Å². The standard InChI is InChI=1S/C26H35NO5.ClH/c1-6-27-12-24(5)8-7-21(31-14(3)28)26-19(24)9-17(22(26)27)25-11-16(18(30)10-20(25)26)13(2)23(25)32-15(4)29;/h16-17,19-23H,2,6-12H2,1,3-5H3;1H/t16-,17-,19+,20+,21-,22+,23+,24-,25-,26?;/m0./s1. The Kier molecular flexibility index (Phi) is 5.00. The zero-order chi connectivity index (χ0) is 22.8. The van der Waals surface area contributed by atoms with E-state index in [0.29, 0.717) is 18.3 Å². The van der Waals surface area contributed by atoms with Gasteiger partial charge in [-0.15, -0.1) is 12.4 Å². The van der Waals surface area contributed by atoms with Crippen LogP contribution in [0.1, 0.15) is 59.8 Å². The van der Waals surface area contributed by atoms with Crippen molar-refractivity contribution >= 4 is 30.1 Å². The van der Waals surface area contributed by atoms with E-state index < -0.39 is 6.10 Å². The lowest BCUT2D eigenvalue weighted by molar-refractivity contribution is -0.224. The van der Waals surface area contributed by atoms with Crippen LogP contribution in [0.15, 0.2) is 12.2 Å². The van der Waals surface area contributed by atoms with Crippen LogP contribution in [0.2, 0.25) is 0 Å². The number of rotatable bonds is 3. The Morgan fingerprint density at radius 1 is 1.18 bits per heavy atom. The molecular weight excluding hydrogens is 442 g/mol. The number of hydrogen-bond acceptors (Lipinski definition) is 6. The number of nitrogens with zero attached hydrogens (tertiary/aromatic N) is 1. The van der Waals surface area contributed by atoms with Crippen LogP contribution in [0.5, 0.6) is 0 Å². The van der Waals surface area contributed by atoms with Gasteiger partial charge in [0.15, 0.2) is 0 Å². The van der Waals surface area contributed by atoms with E-state index in [2.05, 4.69) is 25.3 Å². The smallest absolute Gasteiger partial charge is 0.303 e. The molecule has 6 nitrogen and oxygen atoms in total. The summed E-state index contributed by atoms with van der Waals surface area (Å²) in [6.45, 7) is 13.9. The summed E-state index contributed by atoms with van der Waals surface area (Å²) in [5.41, 5.74) is 0.446. The third-order valence-electron chi connectivity index (χ3n) is 10.9. The highest BCUT2D eigenvalue weighted by atomic mass is 35.5. The average Bonchev–Trinajstić information content (AvgIpc) is 3.24. The van der Waals surface area contributed by atoms with Crippen LogP contribution in [0.4, 0.5) is 0 Å². The fourth-order valence-corrected chi connectivity index (χ4v) is 10.4. The van der Waals surface area contributed by atoms with Crippen molar-refractivity contribution in [2.75, 3.05) is 13.1 Å². The summed E-state index contributed by atoms with van der Waals surface area (Å²) in [7, 11) is 0. The molecule has 7 heteroatoms. The normalized spacial score (nSPS) is 51.1. The van der Waals surface area contributed by atoms with E-state index in [1.54, 1.807) is 0 Å². The van der Waals surface area contributed by atoms with Gasteiger partial charge in [0.2, 0.25) is 0 Å². The number of halogens is 1. The minimum absolute atomic E-state index is 0. The van der Waals surface area contributed by atoms with Crippen molar-refractivity contribution in [3.63, 3.8) is 0 Å². The predicted octanol–water partition coefficient (Wildman–Crippen LogP) is 3.56. The maximum absolute atomic E-state index is 13.4. The van der Waals surface area contributed by atoms with Gasteiger partial charge in [0.05, 0.1) is 0 Å². The van der Waals surface area contributed by atoms with Crippen molar-refractivity contribution in [3.05, 3.63) is 12.2 Å². The molecule has 0 aromatic carbocycles. The van der Waals surface area contributed by atoms with Gasteiger partial charge in [0.1, 0.15) is 18.0 Å². The van der Waals surface area contributed by atoms with Crippen LogP contribution < -0.4 is 0 Å². The van der Waals surface area contributed by atoms with Gasteiger partial charge in [-0.05, 0) is 61.0 Å². The Labute approximate surface area is 202 Å². The predicted molar refractivity (Wildman–Crippen MR) is 124 cm³/mol. The number of hydrogen-bond donors (Lipinski definition) is 0. The van der Waals surface area contributed by atoms with E-state index in [0.717, 1.165) is 44.3 Å². The summed E-state index contributed by atoms with van der Waals surface area (Å²) in [5, 5.41) is 0. The quantitative estimate of drug-likeness (QED) is 0.457. The maximum atomic E-state index is 13.4. The number of Topliss-reactive ketones (excluding diaryl/α,β-unsaturated/α-hetero) is 1. The van der Waals surface area contributed by atoms with Crippen molar-refractivity contribution in [2.45, 2.75) is 78.0 Å². The molecule has 6 rings (SSSR count). The van der Waals surface area contributed by atoms with Gasteiger partial charge in [-0.3, -0.25) is 19.3 Å². The molecule has 1 heterocycles. The summed E-state index contributed by atoms with van der Waals surface area (Å²) in [6, 6.07) is 0.260. The lowest BCUT2D eigenvalue weighted by Gasteiger charge is -2.65. The van der Waals surface area contributed by atoms with Crippen LogP contribution in [-0.4, -0.2) is 54.0 Å². The molecule has 10 atom stereocenters. The molecule has 1 saturated heterocycles. The van der Waals surface area contributed by atoms with Crippen molar-refractivity contribution in [1.82, 2.24) is 4.90 Å². The fourth-order valence-electron chi connectivity index (χ4n) is 10.4. The molecule has 182 valence electrons. The van der Waals surface area contributed by atoms with Gasteiger partial charge in [-0.25, -0.2) is 0 Å².